The van der Waals surface area contributed by atoms with Gasteiger partial charge in [-0.15, -0.1) is 0 Å². The van der Waals surface area contributed by atoms with Crippen LogP contribution >= 0.6 is 0 Å². The van der Waals surface area contributed by atoms with Crippen molar-refractivity contribution in [2.45, 2.75) is 13.1 Å². The van der Waals surface area contributed by atoms with Crippen LogP contribution in [0.2, 0.25) is 0 Å². The minimum atomic E-state index is -4.61. The molecule has 0 aliphatic carbocycles. The number of rotatable bonds is 4. The molecular weight excluding hydrogens is 369 g/mol. The van der Waals surface area contributed by atoms with E-state index in [1.165, 1.54) is 44.3 Å². The van der Waals surface area contributed by atoms with Crippen molar-refractivity contribution in [1.82, 2.24) is 0 Å². The molecule has 1 N–H and O–H groups in total. The largest absolute Gasteiger partial charge is 0.418 e. The quantitative estimate of drug-likeness (QED) is 0.872. The van der Waals surface area contributed by atoms with Crippen LogP contribution in [0, 0.1) is 6.92 Å². The summed E-state index contributed by atoms with van der Waals surface area (Å²) >= 11 is 0. The van der Waals surface area contributed by atoms with Gasteiger partial charge in [-0.05, 0) is 36.8 Å². The minimum Gasteiger partial charge on any atom is -0.321 e. The van der Waals surface area contributed by atoms with Gasteiger partial charge >= 0.3 is 6.18 Å². The summed E-state index contributed by atoms with van der Waals surface area (Å²) in [6.45, 7) is 1.53. The summed E-state index contributed by atoms with van der Waals surface area (Å²) in [6.07, 6.45) is -3.60. The molecule has 2 rings (SSSR count). The molecule has 0 saturated heterocycles. The smallest absolute Gasteiger partial charge is 0.321 e. The zero-order valence-electron chi connectivity index (χ0n) is 14.3. The van der Waals surface area contributed by atoms with Gasteiger partial charge in [0.2, 0.25) is 10.0 Å². The molecular formula is C17H17F3N2O3S. The number of nitrogens with zero attached hydrogens (tertiary/aromatic N) is 1. The zero-order valence-corrected chi connectivity index (χ0v) is 15.1. The molecule has 0 saturated carbocycles. The van der Waals surface area contributed by atoms with Gasteiger partial charge in [0.05, 0.1) is 23.2 Å². The van der Waals surface area contributed by atoms with Crippen molar-refractivity contribution in [3.63, 3.8) is 0 Å². The Labute approximate surface area is 149 Å². The van der Waals surface area contributed by atoms with Gasteiger partial charge in [0.25, 0.3) is 5.91 Å². The van der Waals surface area contributed by atoms with Gasteiger partial charge in [0.1, 0.15) is 0 Å². The third-order valence-corrected chi connectivity index (χ3v) is 5.06. The predicted molar refractivity (Wildman–Crippen MR) is 93.8 cm³/mol. The summed E-state index contributed by atoms with van der Waals surface area (Å²) in [7, 11) is -2.22. The Morgan fingerprint density at radius 1 is 1.08 bits per heavy atom. The second kappa shape index (κ2) is 6.99. The average Bonchev–Trinajstić information content (AvgIpc) is 2.53. The molecule has 2 aromatic rings. The van der Waals surface area contributed by atoms with Crippen molar-refractivity contribution >= 4 is 27.3 Å². The third-order valence-electron chi connectivity index (χ3n) is 3.87. The molecule has 0 aliphatic rings. The third kappa shape index (κ3) is 4.16. The maximum absolute atomic E-state index is 13.1. The number of hydrogen-bond acceptors (Lipinski definition) is 3. The molecule has 0 bridgehead atoms. The highest BCUT2D eigenvalue weighted by Crippen LogP contribution is 2.35. The molecule has 140 valence electrons. The number of amides is 1. The lowest BCUT2D eigenvalue weighted by molar-refractivity contribution is -0.136. The van der Waals surface area contributed by atoms with E-state index in [1.807, 2.05) is 0 Å². The van der Waals surface area contributed by atoms with Crippen LogP contribution in [0.1, 0.15) is 21.5 Å². The molecule has 0 radical (unpaired) electrons. The second-order valence-electron chi connectivity index (χ2n) is 5.68. The minimum absolute atomic E-state index is 0.0787. The van der Waals surface area contributed by atoms with E-state index in [1.54, 1.807) is 0 Å². The summed E-state index contributed by atoms with van der Waals surface area (Å²) in [5.74, 6) is -0.761. The lowest BCUT2D eigenvalue weighted by Crippen LogP contribution is -2.26. The monoisotopic (exact) mass is 386 g/mol. The van der Waals surface area contributed by atoms with Gasteiger partial charge in [0, 0.05) is 12.6 Å². The van der Waals surface area contributed by atoms with Gasteiger partial charge in [-0.25, -0.2) is 8.42 Å². The van der Waals surface area contributed by atoms with E-state index in [2.05, 4.69) is 5.32 Å². The van der Waals surface area contributed by atoms with Gasteiger partial charge in [-0.2, -0.15) is 13.2 Å². The number of sulfonamides is 1. The van der Waals surface area contributed by atoms with E-state index in [4.69, 9.17) is 0 Å². The Hall–Kier alpha value is -2.55. The van der Waals surface area contributed by atoms with Crippen molar-refractivity contribution in [2.75, 3.05) is 22.9 Å². The van der Waals surface area contributed by atoms with E-state index in [0.29, 0.717) is 5.56 Å². The van der Waals surface area contributed by atoms with E-state index >= 15 is 0 Å². The number of nitrogens with one attached hydrogen (secondary N) is 1. The van der Waals surface area contributed by atoms with E-state index in [-0.39, 0.29) is 16.9 Å². The van der Waals surface area contributed by atoms with E-state index < -0.39 is 27.7 Å². The normalized spacial score (nSPS) is 11.9. The molecule has 0 spiro atoms. The fourth-order valence-electron chi connectivity index (χ4n) is 2.42. The topological polar surface area (TPSA) is 66.5 Å². The summed E-state index contributed by atoms with van der Waals surface area (Å²) in [5, 5.41) is 2.25. The fourth-order valence-corrected chi connectivity index (χ4v) is 2.97. The highest BCUT2D eigenvalue weighted by Gasteiger charge is 2.33. The van der Waals surface area contributed by atoms with E-state index in [9.17, 15) is 26.4 Å². The molecule has 5 nitrogen and oxygen atoms in total. The second-order valence-corrected chi connectivity index (χ2v) is 7.69. The molecule has 0 aromatic heterocycles. The summed E-state index contributed by atoms with van der Waals surface area (Å²) in [4.78, 5) is 12.5. The molecule has 0 fully saturated rings. The zero-order chi connectivity index (χ0) is 19.7. The first-order chi connectivity index (χ1) is 11.9. The molecule has 0 heterocycles. The van der Waals surface area contributed by atoms with Crippen LogP contribution in [0.4, 0.5) is 24.5 Å². The highest BCUT2D eigenvalue weighted by molar-refractivity contribution is 7.92. The summed E-state index contributed by atoms with van der Waals surface area (Å²) in [6, 6.07) is 9.03. The number of carbonyl (C=O) groups excluding carboxylic acids is 1. The molecule has 0 aliphatic heterocycles. The number of anilines is 2. The van der Waals surface area contributed by atoms with Crippen LogP contribution in [0.5, 0.6) is 0 Å². The average molecular weight is 386 g/mol. The van der Waals surface area contributed by atoms with Crippen molar-refractivity contribution in [3.8, 4) is 0 Å². The first-order valence-corrected chi connectivity index (χ1v) is 9.29. The van der Waals surface area contributed by atoms with Crippen LogP contribution < -0.4 is 9.62 Å². The standard InChI is InChI=1S/C17H17F3N2O3S/c1-11-12(7-6-10-15(11)22(2)26(3,24)25)16(23)21-14-9-5-4-8-13(14)17(18,19)20/h4-10H,1-3H3,(H,21,23). The van der Waals surface area contributed by atoms with Crippen LogP contribution in [-0.4, -0.2) is 27.6 Å². The highest BCUT2D eigenvalue weighted by atomic mass is 32.2. The van der Waals surface area contributed by atoms with Crippen LogP contribution in [0.3, 0.4) is 0 Å². The molecule has 26 heavy (non-hydrogen) atoms. The van der Waals surface area contributed by atoms with Gasteiger partial charge in [-0.3, -0.25) is 9.10 Å². The summed E-state index contributed by atoms with van der Waals surface area (Å²) < 4.78 is 63.6. The number of halogens is 3. The molecule has 0 unspecified atom stereocenters. The Morgan fingerprint density at radius 2 is 1.69 bits per heavy atom. The number of alkyl halides is 3. The number of hydrogen-bond donors (Lipinski definition) is 1. The summed E-state index contributed by atoms with van der Waals surface area (Å²) in [5.41, 5.74) is -0.650. The van der Waals surface area contributed by atoms with Crippen LogP contribution in [0.15, 0.2) is 42.5 Å². The van der Waals surface area contributed by atoms with Crippen molar-refractivity contribution in [3.05, 3.63) is 59.2 Å². The first-order valence-electron chi connectivity index (χ1n) is 7.44. The Morgan fingerprint density at radius 3 is 2.27 bits per heavy atom. The molecule has 1 amide bonds. The maximum atomic E-state index is 13.1. The van der Waals surface area contributed by atoms with Gasteiger partial charge in [0.15, 0.2) is 0 Å². The molecule has 9 heteroatoms. The van der Waals surface area contributed by atoms with Crippen LogP contribution in [-0.2, 0) is 16.2 Å². The Balaban J connectivity index is 2.42. The van der Waals surface area contributed by atoms with Crippen molar-refractivity contribution in [1.29, 1.82) is 0 Å². The maximum Gasteiger partial charge on any atom is 0.418 e. The van der Waals surface area contributed by atoms with Crippen molar-refractivity contribution in [2.24, 2.45) is 0 Å². The van der Waals surface area contributed by atoms with Gasteiger partial charge < -0.3 is 5.32 Å². The van der Waals surface area contributed by atoms with Gasteiger partial charge in [-0.1, -0.05) is 18.2 Å². The predicted octanol–water partition coefficient (Wildman–Crippen LogP) is 3.66. The Kier molecular flexibility index (Phi) is 5.31. The van der Waals surface area contributed by atoms with E-state index in [0.717, 1.165) is 22.7 Å². The number of para-hydroxylation sites is 1. The fraction of sp³-hybridized carbons (Fsp3) is 0.235. The molecule has 0 atom stereocenters. The van der Waals surface area contributed by atoms with Crippen LogP contribution in [0.25, 0.3) is 0 Å². The molecule has 2 aromatic carbocycles. The number of carbonyl (C=O) groups is 1. The SMILES string of the molecule is Cc1c(C(=O)Nc2ccccc2C(F)(F)F)cccc1N(C)S(C)(=O)=O. The lowest BCUT2D eigenvalue weighted by atomic mass is 10.1. The lowest BCUT2D eigenvalue weighted by Gasteiger charge is -2.21. The number of benzene rings is 2. The first kappa shape index (κ1) is 19.8. The Bertz CT molecular complexity index is 941. The van der Waals surface area contributed by atoms with Crippen molar-refractivity contribution < 1.29 is 26.4 Å².